The van der Waals surface area contributed by atoms with Gasteiger partial charge in [0.15, 0.2) is 0 Å². The maximum atomic E-state index is 10.6. The van der Waals surface area contributed by atoms with Gasteiger partial charge in [-0.15, -0.1) is 0 Å². The molecular weight excluding hydrogens is 228 g/mol. The maximum Gasteiger partial charge on any atom is 0.302 e. The molecule has 1 N–H and O–H groups in total. The van der Waals surface area contributed by atoms with Gasteiger partial charge in [0.25, 0.3) is 0 Å². The molecule has 4 heteroatoms. The van der Waals surface area contributed by atoms with Crippen molar-refractivity contribution in [3.63, 3.8) is 0 Å². The zero-order valence-corrected chi connectivity index (χ0v) is 9.70. The van der Waals surface area contributed by atoms with E-state index in [0.29, 0.717) is 10.6 Å². The first-order valence-corrected chi connectivity index (χ1v) is 5.19. The van der Waals surface area contributed by atoms with Crippen LogP contribution in [0.1, 0.15) is 12.5 Å². The van der Waals surface area contributed by atoms with Gasteiger partial charge in [-0.1, -0.05) is 29.8 Å². The van der Waals surface area contributed by atoms with Crippen molar-refractivity contribution in [1.29, 1.82) is 0 Å². The molecule has 0 atom stereocenters. The molecular formula is C12H13ClO3. The van der Waals surface area contributed by atoms with Crippen molar-refractivity contribution >= 4 is 23.6 Å². The first kappa shape index (κ1) is 12.7. The van der Waals surface area contributed by atoms with Crippen LogP contribution in [0.15, 0.2) is 29.8 Å². The van der Waals surface area contributed by atoms with E-state index in [2.05, 4.69) is 0 Å². The molecule has 1 aromatic rings. The number of rotatable bonds is 4. The molecule has 86 valence electrons. The van der Waals surface area contributed by atoms with Gasteiger partial charge in [-0.25, -0.2) is 0 Å². The maximum absolute atomic E-state index is 10.6. The van der Waals surface area contributed by atoms with Crippen LogP contribution in [0, 0.1) is 0 Å². The minimum Gasteiger partial charge on any atom is -0.461 e. The van der Waals surface area contributed by atoms with Crippen LogP contribution in [0.3, 0.4) is 0 Å². The van der Waals surface area contributed by atoms with Crippen molar-refractivity contribution in [3.05, 3.63) is 40.4 Å². The summed E-state index contributed by atoms with van der Waals surface area (Å²) in [7, 11) is 0. The van der Waals surface area contributed by atoms with Gasteiger partial charge in [-0.3, -0.25) is 4.79 Å². The zero-order valence-electron chi connectivity index (χ0n) is 8.94. The average molecular weight is 241 g/mol. The number of ether oxygens (including phenoxy) is 1. The minimum atomic E-state index is -0.365. The Kier molecular flexibility index (Phi) is 5.02. The van der Waals surface area contributed by atoms with Crippen LogP contribution < -0.4 is 0 Å². The van der Waals surface area contributed by atoms with Gasteiger partial charge in [0, 0.05) is 11.9 Å². The van der Waals surface area contributed by atoms with Crippen LogP contribution in [0.5, 0.6) is 0 Å². The molecule has 0 aliphatic carbocycles. The van der Waals surface area contributed by atoms with Crippen LogP contribution >= 0.6 is 11.6 Å². The average Bonchev–Trinajstić information content (AvgIpc) is 2.26. The fourth-order valence-corrected chi connectivity index (χ4v) is 1.25. The monoisotopic (exact) mass is 240 g/mol. The first-order valence-electron chi connectivity index (χ1n) is 4.81. The van der Waals surface area contributed by atoms with E-state index in [9.17, 15) is 4.79 Å². The Bertz CT molecular complexity index is 382. The lowest BCUT2D eigenvalue weighted by Crippen LogP contribution is -2.05. The van der Waals surface area contributed by atoms with Gasteiger partial charge >= 0.3 is 5.97 Å². The van der Waals surface area contributed by atoms with Crippen molar-refractivity contribution in [2.75, 3.05) is 13.2 Å². The van der Waals surface area contributed by atoms with Crippen molar-refractivity contribution < 1.29 is 14.6 Å². The normalized spacial score (nSPS) is 11.3. The largest absolute Gasteiger partial charge is 0.461 e. The molecule has 0 bridgehead atoms. The zero-order chi connectivity index (χ0) is 12.0. The molecule has 0 radical (unpaired) electrons. The number of benzene rings is 1. The number of halogens is 1. The summed E-state index contributed by atoms with van der Waals surface area (Å²) >= 11 is 5.75. The molecule has 16 heavy (non-hydrogen) atoms. The predicted octanol–water partition coefficient (Wildman–Crippen LogP) is 2.28. The van der Waals surface area contributed by atoms with Crippen LogP contribution in [-0.2, 0) is 9.53 Å². The third-order valence-electron chi connectivity index (χ3n) is 1.90. The van der Waals surface area contributed by atoms with E-state index >= 15 is 0 Å². The van der Waals surface area contributed by atoms with E-state index in [1.807, 2.05) is 12.1 Å². The van der Waals surface area contributed by atoms with Gasteiger partial charge < -0.3 is 9.84 Å². The van der Waals surface area contributed by atoms with E-state index in [0.717, 1.165) is 5.56 Å². The molecule has 0 fully saturated rings. The summed E-state index contributed by atoms with van der Waals surface area (Å²) in [5.74, 6) is -0.365. The molecule has 0 heterocycles. The second kappa shape index (κ2) is 6.30. The number of carbonyl (C=O) groups excluding carboxylic acids is 1. The van der Waals surface area contributed by atoms with Crippen LogP contribution in [0.4, 0.5) is 0 Å². The Hall–Kier alpha value is -1.32. The summed E-state index contributed by atoms with van der Waals surface area (Å²) < 4.78 is 4.80. The van der Waals surface area contributed by atoms with Gasteiger partial charge in [0.2, 0.25) is 0 Å². The molecule has 0 unspecified atom stereocenters. The van der Waals surface area contributed by atoms with Crippen LogP contribution in [0.25, 0.3) is 6.08 Å². The highest BCUT2D eigenvalue weighted by Gasteiger charge is 1.99. The highest BCUT2D eigenvalue weighted by molar-refractivity contribution is 6.30. The fraction of sp³-hybridized carbons (Fsp3) is 0.250. The Morgan fingerprint density at radius 2 is 2.06 bits per heavy atom. The van der Waals surface area contributed by atoms with Gasteiger partial charge in [-0.05, 0) is 23.3 Å². The Morgan fingerprint density at radius 3 is 2.56 bits per heavy atom. The molecule has 0 amide bonds. The molecule has 0 aliphatic heterocycles. The first-order chi connectivity index (χ1) is 7.61. The van der Waals surface area contributed by atoms with E-state index < -0.39 is 0 Å². The number of aliphatic hydroxyl groups is 1. The topological polar surface area (TPSA) is 46.5 Å². The van der Waals surface area contributed by atoms with E-state index in [1.165, 1.54) is 6.92 Å². The highest BCUT2D eigenvalue weighted by Crippen LogP contribution is 2.12. The predicted molar refractivity (Wildman–Crippen MR) is 63.1 cm³/mol. The summed E-state index contributed by atoms with van der Waals surface area (Å²) in [6.07, 6.45) is 1.76. The van der Waals surface area contributed by atoms with Crippen molar-refractivity contribution in [2.24, 2.45) is 0 Å². The third-order valence-corrected chi connectivity index (χ3v) is 2.16. The lowest BCUT2D eigenvalue weighted by molar-refractivity contribution is -0.140. The summed E-state index contributed by atoms with van der Waals surface area (Å²) in [6.45, 7) is 1.29. The van der Waals surface area contributed by atoms with E-state index in [4.69, 9.17) is 21.4 Å². The Morgan fingerprint density at radius 1 is 1.44 bits per heavy atom. The summed E-state index contributed by atoms with van der Waals surface area (Å²) in [6, 6.07) is 7.17. The number of carbonyl (C=O) groups is 1. The Balaban J connectivity index is 2.71. The van der Waals surface area contributed by atoms with Gasteiger partial charge in [-0.2, -0.15) is 0 Å². The molecule has 0 saturated heterocycles. The van der Waals surface area contributed by atoms with E-state index in [1.54, 1.807) is 18.2 Å². The molecule has 0 spiro atoms. The molecule has 1 rings (SSSR count). The van der Waals surface area contributed by atoms with Crippen molar-refractivity contribution in [2.45, 2.75) is 6.92 Å². The molecule has 3 nitrogen and oxygen atoms in total. The van der Waals surface area contributed by atoms with Gasteiger partial charge in [0.1, 0.15) is 6.61 Å². The second-order valence-electron chi connectivity index (χ2n) is 3.29. The molecule has 0 aliphatic rings. The number of aliphatic hydroxyl groups excluding tert-OH is 1. The van der Waals surface area contributed by atoms with Gasteiger partial charge in [0.05, 0.1) is 6.61 Å². The fourth-order valence-electron chi connectivity index (χ4n) is 1.12. The van der Waals surface area contributed by atoms with Crippen molar-refractivity contribution in [3.8, 4) is 0 Å². The third kappa shape index (κ3) is 4.47. The quantitative estimate of drug-likeness (QED) is 0.822. The molecule has 0 aromatic heterocycles. The van der Waals surface area contributed by atoms with Crippen LogP contribution in [0.2, 0.25) is 5.02 Å². The number of esters is 1. The summed E-state index contributed by atoms with van der Waals surface area (Å²) in [5.41, 5.74) is 1.54. The summed E-state index contributed by atoms with van der Waals surface area (Å²) in [4.78, 5) is 10.6. The Labute approximate surface area is 99.3 Å². The lowest BCUT2D eigenvalue weighted by atomic mass is 10.1. The number of hydrogen-bond acceptors (Lipinski definition) is 3. The van der Waals surface area contributed by atoms with Crippen LogP contribution in [-0.4, -0.2) is 24.3 Å². The lowest BCUT2D eigenvalue weighted by Gasteiger charge is -2.04. The smallest absolute Gasteiger partial charge is 0.302 e. The summed E-state index contributed by atoms with van der Waals surface area (Å²) in [5, 5.41) is 9.72. The van der Waals surface area contributed by atoms with Crippen molar-refractivity contribution in [1.82, 2.24) is 0 Å². The SMILES string of the molecule is CC(=O)OC/C(=C\c1ccc(Cl)cc1)CO. The standard InChI is InChI=1S/C12H13ClO3/c1-9(15)16-8-11(7-14)6-10-2-4-12(13)5-3-10/h2-6,14H,7-8H2,1H3/b11-6-. The highest BCUT2D eigenvalue weighted by atomic mass is 35.5. The second-order valence-corrected chi connectivity index (χ2v) is 3.73. The number of hydrogen-bond donors (Lipinski definition) is 1. The molecule has 1 aromatic carbocycles. The molecule has 0 saturated carbocycles. The van der Waals surface area contributed by atoms with E-state index in [-0.39, 0.29) is 19.2 Å². The minimum absolute atomic E-state index is 0.106.